The van der Waals surface area contributed by atoms with Crippen molar-refractivity contribution in [1.82, 2.24) is 0 Å². The first-order valence-corrected chi connectivity index (χ1v) is 0. The molecule has 9 heavy (non-hydrogen) atoms. The molecule has 0 N–H and O–H groups in total. The Morgan fingerprint density at radius 3 is 0.556 bits per heavy atom. The van der Waals surface area contributed by atoms with Crippen molar-refractivity contribution in [1.29, 1.82) is 0 Å². The van der Waals surface area contributed by atoms with Crippen molar-refractivity contribution >= 4 is 0 Å². The molecule has 9 heteroatoms. The molecule has 0 bridgehead atoms. The monoisotopic (exact) mass is 347 g/mol. The maximum Gasteiger partial charge on any atom is 4.00 e. The van der Waals surface area contributed by atoms with E-state index in [-0.39, 0.29) is 120 Å². The van der Waals surface area contributed by atoms with E-state index in [2.05, 4.69) is 0 Å². The van der Waals surface area contributed by atoms with Gasteiger partial charge in [-0.2, -0.15) is 0 Å². The van der Waals surface area contributed by atoms with Crippen LogP contribution in [0.4, 0.5) is 0 Å². The van der Waals surface area contributed by atoms with Crippen LogP contribution in [0.3, 0.4) is 0 Å². The van der Waals surface area contributed by atoms with E-state index in [1.54, 1.807) is 0 Å². The van der Waals surface area contributed by atoms with E-state index in [0.29, 0.717) is 0 Å². The van der Waals surface area contributed by atoms with Gasteiger partial charge in [0, 0.05) is 17.4 Å². The number of rotatable bonds is 0. The normalized spacial score (nSPS) is 0. The van der Waals surface area contributed by atoms with Gasteiger partial charge in [0.1, 0.15) is 0 Å². The molecule has 60 valence electrons. The maximum absolute atomic E-state index is 0. The Morgan fingerprint density at radius 1 is 0.556 bits per heavy atom. The summed E-state index contributed by atoms with van der Waals surface area (Å²) in [5.74, 6) is 0. The molecule has 0 heterocycles. The van der Waals surface area contributed by atoms with Gasteiger partial charge in [-0.3, -0.25) is 0 Å². The molecular weight excluding hydrogens is 349 g/mol. The van der Waals surface area contributed by atoms with E-state index < -0.39 is 0 Å². The van der Waals surface area contributed by atoms with Crippen LogP contribution in [-0.4, -0.2) is 0 Å². The summed E-state index contributed by atoms with van der Waals surface area (Å²) in [5.41, 5.74) is 0. The topological polar surface area (TPSA) is 28.5 Å². The Morgan fingerprint density at radius 2 is 0.556 bits per heavy atom. The van der Waals surface area contributed by atoms with Crippen LogP contribution in [-0.2, 0) is 57.6 Å². The van der Waals surface area contributed by atoms with Gasteiger partial charge in [0.05, 0.1) is 0 Å². The van der Waals surface area contributed by atoms with Crippen LogP contribution in [0.25, 0.3) is 0 Å². The fourth-order valence-corrected chi connectivity index (χ4v) is 0. The van der Waals surface area contributed by atoms with Crippen molar-refractivity contribution in [2.24, 2.45) is 0 Å². The third-order valence-electron chi connectivity index (χ3n) is 0. The number of hydrogen-bond donors (Lipinski definition) is 0. The Balaban J connectivity index is 0. The zero-order valence-corrected chi connectivity index (χ0v) is 11.1. The van der Waals surface area contributed by atoms with E-state index in [1.807, 2.05) is 0 Å². The summed E-state index contributed by atoms with van der Waals surface area (Å²) in [5, 5.41) is 0. The van der Waals surface area contributed by atoms with E-state index in [4.69, 9.17) is 0 Å². The van der Waals surface area contributed by atoms with Crippen LogP contribution in [0.15, 0.2) is 0 Å². The first-order valence-electron chi connectivity index (χ1n) is 0. The zero-order valence-electron chi connectivity index (χ0n) is 3.52. The second-order valence-corrected chi connectivity index (χ2v) is 0. The van der Waals surface area contributed by atoms with E-state index in [9.17, 15) is 0 Å². The summed E-state index contributed by atoms with van der Waals surface area (Å²) in [6.45, 7) is 0. The van der Waals surface area contributed by atoms with Crippen molar-refractivity contribution in [2.75, 3.05) is 0 Å². The summed E-state index contributed by atoms with van der Waals surface area (Å²) in [6.07, 6.45) is 0. The van der Waals surface area contributed by atoms with Crippen molar-refractivity contribution < 1.29 is 120 Å². The molecular formula is Cl5Cr3O-. The molecule has 0 aliphatic heterocycles. The Bertz CT molecular complexity index is 12.2. The van der Waals surface area contributed by atoms with Gasteiger partial charge in [-0.05, 0) is 0 Å². The van der Waals surface area contributed by atoms with E-state index in [0.717, 1.165) is 0 Å². The predicted octanol–water partition coefficient (Wildman–Crippen LogP) is -15.1. The smallest absolute Gasteiger partial charge is 2.00 e. The van der Waals surface area contributed by atoms with Crippen LogP contribution in [0.1, 0.15) is 0 Å². The minimum absolute atomic E-state index is 0. The van der Waals surface area contributed by atoms with Crippen LogP contribution < -0.4 is 62.0 Å². The molecule has 0 atom stereocenters. The first-order chi connectivity index (χ1) is 0. The molecule has 1 nitrogen and oxygen atoms in total. The molecule has 0 saturated carbocycles. The largest absolute Gasteiger partial charge is 4.00 e. The molecule has 0 aliphatic carbocycles. The summed E-state index contributed by atoms with van der Waals surface area (Å²) in [6, 6.07) is 0. The van der Waals surface area contributed by atoms with Gasteiger partial charge in [0.2, 0.25) is 0 Å². The number of hydrogen-bond acceptors (Lipinski definition) is 0. The molecule has 0 unspecified atom stereocenters. The van der Waals surface area contributed by atoms with Crippen molar-refractivity contribution in [3.05, 3.63) is 0 Å². The second-order valence-electron chi connectivity index (χ2n) is 0. The van der Waals surface area contributed by atoms with Crippen LogP contribution in [0, 0.1) is 0 Å². The zero-order chi connectivity index (χ0) is 0. The predicted molar refractivity (Wildman–Crippen MR) is 0.686 cm³/mol. The fraction of sp³-hybridized carbons (Fsp3) is 0. The summed E-state index contributed by atoms with van der Waals surface area (Å²) < 4.78 is 0. The Hall–Kier alpha value is 3.01. The average Bonchev–Trinajstić information content (AvgIpc) is 0. The third kappa shape index (κ3) is 98.7. The van der Waals surface area contributed by atoms with E-state index in [1.165, 1.54) is 0 Å². The molecule has 0 saturated heterocycles. The SMILES string of the molecule is [Cl-].[Cl-].[Cl-].[Cl-].[Cl-].[Cr+2].[Cr+4].[Cr].[O-2]. The van der Waals surface area contributed by atoms with Crippen molar-refractivity contribution in [2.45, 2.75) is 0 Å². The van der Waals surface area contributed by atoms with Crippen LogP contribution in [0.2, 0.25) is 0 Å². The van der Waals surface area contributed by atoms with Gasteiger partial charge in [0.15, 0.2) is 0 Å². The second kappa shape index (κ2) is 122. The minimum atomic E-state index is 0. The molecule has 0 spiro atoms. The Kier molecular flexibility index (Phi) is 2180. The van der Waals surface area contributed by atoms with Crippen LogP contribution >= 0.6 is 0 Å². The Labute approximate surface area is 118 Å². The quantitative estimate of drug-likeness (QED) is 0.416. The van der Waals surface area contributed by atoms with Gasteiger partial charge in [-0.15, -0.1) is 0 Å². The van der Waals surface area contributed by atoms with Gasteiger partial charge in [-0.25, -0.2) is 0 Å². The standard InChI is InChI=1S/5ClH.3Cr.O/h5*1H;;;;/q;;;;;;+2;+4;-2/p-5. The van der Waals surface area contributed by atoms with Gasteiger partial charge in [0.25, 0.3) is 0 Å². The summed E-state index contributed by atoms with van der Waals surface area (Å²) in [4.78, 5) is 0. The van der Waals surface area contributed by atoms with Crippen molar-refractivity contribution in [3.8, 4) is 0 Å². The molecule has 0 radical (unpaired) electrons. The molecule has 0 aliphatic rings. The molecule has 0 rings (SSSR count). The molecule has 0 fully saturated rings. The van der Waals surface area contributed by atoms with Gasteiger partial charge in [-0.1, -0.05) is 0 Å². The first kappa shape index (κ1) is 161. The maximum atomic E-state index is 0. The number of halogens is 5. The third-order valence-corrected chi connectivity index (χ3v) is 0. The molecule has 0 aromatic rings. The molecule has 0 amide bonds. The summed E-state index contributed by atoms with van der Waals surface area (Å²) >= 11 is 0. The fourth-order valence-electron chi connectivity index (χ4n) is 0. The minimum Gasteiger partial charge on any atom is -2.00 e. The van der Waals surface area contributed by atoms with Crippen molar-refractivity contribution in [3.63, 3.8) is 0 Å². The molecule has 0 aromatic carbocycles. The van der Waals surface area contributed by atoms with Gasteiger partial charge < -0.3 is 67.5 Å². The summed E-state index contributed by atoms with van der Waals surface area (Å²) in [7, 11) is 0. The van der Waals surface area contributed by atoms with Gasteiger partial charge >= 0.3 is 34.7 Å². The molecule has 0 aromatic heterocycles. The van der Waals surface area contributed by atoms with E-state index >= 15 is 0 Å². The average molecular weight is 349 g/mol. The van der Waals surface area contributed by atoms with Crippen LogP contribution in [0.5, 0.6) is 0 Å².